The van der Waals surface area contributed by atoms with E-state index in [1.54, 1.807) is 6.21 Å². The van der Waals surface area contributed by atoms with Crippen LogP contribution in [0, 0.1) is 6.92 Å². The first kappa shape index (κ1) is 14.2. The number of hydrazone groups is 1. The number of aryl methyl sites for hydroxylation is 1. The molecule has 0 aliphatic carbocycles. The van der Waals surface area contributed by atoms with E-state index in [-0.39, 0.29) is 0 Å². The van der Waals surface area contributed by atoms with Crippen LogP contribution in [0.3, 0.4) is 0 Å². The monoisotopic (exact) mass is 283 g/mol. The van der Waals surface area contributed by atoms with Crippen molar-refractivity contribution in [1.29, 1.82) is 0 Å². The molecule has 0 amide bonds. The van der Waals surface area contributed by atoms with Crippen LogP contribution in [-0.2, 0) is 6.54 Å². The van der Waals surface area contributed by atoms with Gasteiger partial charge in [-0.25, -0.2) is 0 Å². The maximum Gasteiger partial charge on any atom is 0.187 e. The molecule has 102 valence electrons. The number of nitrogens with zero attached hydrogens (tertiary/aromatic N) is 1. The van der Waals surface area contributed by atoms with Crippen molar-refractivity contribution in [3.63, 3.8) is 0 Å². The minimum absolute atomic E-state index is 0.512. The lowest BCUT2D eigenvalue weighted by atomic mass is 10.2. The lowest BCUT2D eigenvalue weighted by Crippen LogP contribution is -2.31. The third-order valence-corrected chi connectivity index (χ3v) is 2.95. The van der Waals surface area contributed by atoms with Crippen molar-refractivity contribution in [3.8, 4) is 0 Å². The second kappa shape index (κ2) is 7.40. The summed E-state index contributed by atoms with van der Waals surface area (Å²) in [5, 5.41) is 7.73. The van der Waals surface area contributed by atoms with E-state index in [2.05, 4.69) is 34.9 Å². The predicted molar refractivity (Wildman–Crippen MR) is 87.8 cm³/mol. The van der Waals surface area contributed by atoms with Crippen LogP contribution in [-0.4, -0.2) is 11.3 Å². The van der Waals surface area contributed by atoms with Gasteiger partial charge in [-0.2, -0.15) is 5.10 Å². The average molecular weight is 283 g/mol. The van der Waals surface area contributed by atoms with E-state index in [1.807, 2.05) is 42.5 Å². The molecule has 0 bridgehead atoms. The highest BCUT2D eigenvalue weighted by Gasteiger charge is 1.94. The molecule has 0 heterocycles. The molecule has 0 aliphatic rings. The summed E-state index contributed by atoms with van der Waals surface area (Å²) < 4.78 is 0. The van der Waals surface area contributed by atoms with E-state index in [0.717, 1.165) is 5.56 Å². The van der Waals surface area contributed by atoms with Gasteiger partial charge >= 0.3 is 0 Å². The topological polar surface area (TPSA) is 36.4 Å². The zero-order valence-electron chi connectivity index (χ0n) is 11.3. The number of nitrogens with one attached hydrogen (secondary N) is 2. The van der Waals surface area contributed by atoms with Gasteiger partial charge in [-0.05, 0) is 30.3 Å². The quantitative estimate of drug-likeness (QED) is 0.514. The smallest absolute Gasteiger partial charge is 0.187 e. The summed E-state index contributed by atoms with van der Waals surface area (Å²) in [6.07, 6.45) is 1.75. The van der Waals surface area contributed by atoms with Gasteiger partial charge in [-0.3, -0.25) is 5.43 Å². The third-order valence-electron chi connectivity index (χ3n) is 2.72. The maximum atomic E-state index is 5.16. The van der Waals surface area contributed by atoms with Crippen molar-refractivity contribution in [3.05, 3.63) is 71.3 Å². The van der Waals surface area contributed by atoms with Crippen LogP contribution in [0.15, 0.2) is 59.7 Å². The number of rotatable bonds is 4. The summed E-state index contributed by atoms with van der Waals surface area (Å²) in [6.45, 7) is 2.74. The Labute approximate surface area is 124 Å². The fourth-order valence-corrected chi connectivity index (χ4v) is 1.86. The van der Waals surface area contributed by atoms with E-state index in [9.17, 15) is 0 Å². The average Bonchev–Trinajstić information content (AvgIpc) is 2.46. The summed E-state index contributed by atoms with van der Waals surface area (Å²) in [6, 6.07) is 18.2. The van der Waals surface area contributed by atoms with Gasteiger partial charge in [-0.1, -0.05) is 60.2 Å². The zero-order chi connectivity index (χ0) is 14.2. The molecule has 2 aromatic rings. The normalized spacial score (nSPS) is 10.4. The van der Waals surface area contributed by atoms with Gasteiger partial charge in [0.2, 0.25) is 0 Å². The van der Waals surface area contributed by atoms with Crippen LogP contribution in [0.2, 0.25) is 0 Å². The first-order valence-electron chi connectivity index (χ1n) is 6.41. The lowest BCUT2D eigenvalue weighted by Gasteiger charge is -2.06. The molecule has 2 N–H and O–H groups in total. The molecule has 4 heteroatoms. The van der Waals surface area contributed by atoms with E-state index in [1.165, 1.54) is 11.1 Å². The molecule has 0 saturated heterocycles. The van der Waals surface area contributed by atoms with E-state index >= 15 is 0 Å². The maximum absolute atomic E-state index is 5.16. The summed E-state index contributed by atoms with van der Waals surface area (Å²) in [4.78, 5) is 0. The number of hydrogen-bond acceptors (Lipinski definition) is 2. The Kier molecular flexibility index (Phi) is 5.26. The molecule has 2 rings (SSSR count). The van der Waals surface area contributed by atoms with Crippen LogP contribution in [0.25, 0.3) is 0 Å². The third kappa shape index (κ3) is 4.82. The highest BCUT2D eigenvalue weighted by molar-refractivity contribution is 7.80. The highest BCUT2D eigenvalue weighted by atomic mass is 32.1. The standard InChI is InChI=1S/C16H17N3S/c1-13-6-5-9-15(10-13)12-18-19-16(20)17-11-14-7-3-2-4-8-14/h2-10,12H,11H2,1H3,(H2,17,19,20)/b18-12-. The second-order valence-corrected chi connectivity index (χ2v) is 4.86. The molecule has 0 aliphatic heterocycles. The predicted octanol–water partition coefficient (Wildman–Crippen LogP) is 2.99. The highest BCUT2D eigenvalue weighted by Crippen LogP contribution is 2.00. The van der Waals surface area contributed by atoms with Crippen molar-refractivity contribution in [2.75, 3.05) is 0 Å². The summed E-state index contributed by atoms with van der Waals surface area (Å²) in [5.41, 5.74) is 6.24. The molecule has 3 nitrogen and oxygen atoms in total. The van der Waals surface area contributed by atoms with Crippen LogP contribution < -0.4 is 10.7 Å². The largest absolute Gasteiger partial charge is 0.357 e. The molecule has 20 heavy (non-hydrogen) atoms. The molecule has 0 saturated carbocycles. The molecule has 0 radical (unpaired) electrons. The van der Waals surface area contributed by atoms with Gasteiger partial charge in [0.05, 0.1) is 6.21 Å². The zero-order valence-corrected chi connectivity index (χ0v) is 12.2. The Morgan fingerprint density at radius 1 is 1.15 bits per heavy atom. The van der Waals surface area contributed by atoms with Crippen molar-refractivity contribution < 1.29 is 0 Å². The molecule has 0 atom stereocenters. The van der Waals surface area contributed by atoms with Crippen LogP contribution in [0.1, 0.15) is 16.7 Å². The van der Waals surface area contributed by atoms with Gasteiger partial charge in [0.25, 0.3) is 0 Å². The van der Waals surface area contributed by atoms with Crippen LogP contribution in [0.5, 0.6) is 0 Å². The van der Waals surface area contributed by atoms with Gasteiger partial charge < -0.3 is 5.32 Å². The van der Waals surface area contributed by atoms with Crippen molar-refractivity contribution >= 4 is 23.5 Å². The molecule has 0 aromatic heterocycles. The second-order valence-electron chi connectivity index (χ2n) is 4.45. The van der Waals surface area contributed by atoms with Gasteiger partial charge in [-0.15, -0.1) is 0 Å². The van der Waals surface area contributed by atoms with E-state index in [0.29, 0.717) is 11.7 Å². The molecular formula is C16H17N3S. The molecule has 2 aromatic carbocycles. The van der Waals surface area contributed by atoms with E-state index < -0.39 is 0 Å². The summed E-state index contributed by atoms with van der Waals surface area (Å²) >= 11 is 5.16. The van der Waals surface area contributed by atoms with Gasteiger partial charge in [0.1, 0.15) is 0 Å². The van der Waals surface area contributed by atoms with Crippen molar-refractivity contribution in [2.24, 2.45) is 5.10 Å². The fraction of sp³-hybridized carbons (Fsp3) is 0.125. The first-order valence-corrected chi connectivity index (χ1v) is 6.82. The van der Waals surface area contributed by atoms with Gasteiger partial charge in [0.15, 0.2) is 5.11 Å². The first-order chi connectivity index (χ1) is 9.74. The lowest BCUT2D eigenvalue weighted by molar-refractivity contribution is 0.869. The SMILES string of the molecule is Cc1cccc(/C=N\NC(=S)NCc2ccccc2)c1. The molecule has 0 unspecified atom stereocenters. The molecule has 0 spiro atoms. The minimum atomic E-state index is 0.512. The molecular weight excluding hydrogens is 266 g/mol. The van der Waals surface area contributed by atoms with Crippen molar-refractivity contribution in [1.82, 2.24) is 10.7 Å². The fourth-order valence-electron chi connectivity index (χ4n) is 1.73. The Hall–Kier alpha value is -2.20. The van der Waals surface area contributed by atoms with Crippen LogP contribution in [0.4, 0.5) is 0 Å². The van der Waals surface area contributed by atoms with Crippen LogP contribution >= 0.6 is 12.2 Å². The Morgan fingerprint density at radius 3 is 2.70 bits per heavy atom. The molecule has 0 fully saturated rings. The minimum Gasteiger partial charge on any atom is -0.357 e. The number of thiocarbonyl (C=S) groups is 1. The van der Waals surface area contributed by atoms with E-state index in [4.69, 9.17) is 12.2 Å². The summed E-state index contributed by atoms with van der Waals surface area (Å²) in [5.74, 6) is 0. The Balaban J connectivity index is 1.78. The Bertz CT molecular complexity index is 594. The Morgan fingerprint density at radius 2 is 1.95 bits per heavy atom. The van der Waals surface area contributed by atoms with Gasteiger partial charge in [0, 0.05) is 6.54 Å². The number of hydrogen-bond donors (Lipinski definition) is 2. The van der Waals surface area contributed by atoms with Crippen molar-refractivity contribution in [2.45, 2.75) is 13.5 Å². The summed E-state index contributed by atoms with van der Waals surface area (Å²) in [7, 11) is 0. The number of benzene rings is 2.